The van der Waals surface area contributed by atoms with Crippen molar-refractivity contribution in [1.29, 1.82) is 0 Å². The van der Waals surface area contributed by atoms with E-state index in [4.69, 9.17) is 4.74 Å². The van der Waals surface area contributed by atoms with Gasteiger partial charge in [-0.15, -0.1) is 0 Å². The first-order chi connectivity index (χ1) is 9.02. The van der Waals surface area contributed by atoms with Gasteiger partial charge in [-0.3, -0.25) is 14.4 Å². The molecule has 1 aliphatic rings. The molecule has 0 aromatic carbocycles. The van der Waals surface area contributed by atoms with E-state index in [1.807, 2.05) is 0 Å². The van der Waals surface area contributed by atoms with Crippen LogP contribution in [0.1, 0.15) is 23.7 Å². The zero-order chi connectivity index (χ0) is 14.0. The predicted octanol–water partition coefficient (Wildman–Crippen LogP) is 1.55. The second-order valence-corrected chi connectivity index (χ2v) is 4.89. The van der Waals surface area contributed by atoms with E-state index < -0.39 is 23.6 Å². The monoisotopic (exact) mass is 326 g/mol. The summed E-state index contributed by atoms with van der Waals surface area (Å²) in [6.07, 6.45) is 1.24. The number of halogens is 1. The van der Waals surface area contributed by atoms with Gasteiger partial charge in [0.1, 0.15) is 11.7 Å². The minimum absolute atomic E-state index is 0.161. The molecule has 19 heavy (non-hydrogen) atoms. The van der Waals surface area contributed by atoms with E-state index in [9.17, 15) is 14.4 Å². The van der Waals surface area contributed by atoms with Crippen LogP contribution in [0, 0.1) is 5.92 Å². The molecule has 100 valence electrons. The molecule has 0 spiro atoms. The summed E-state index contributed by atoms with van der Waals surface area (Å²) in [5.41, 5.74) is 0.207. The van der Waals surface area contributed by atoms with E-state index in [2.05, 4.69) is 26.2 Å². The molecule has 1 amide bonds. The average Bonchev–Trinajstić information content (AvgIpc) is 2.48. The summed E-state index contributed by atoms with van der Waals surface area (Å²) in [6.45, 7) is 1.80. The Hall–Kier alpha value is -1.76. The van der Waals surface area contributed by atoms with E-state index in [1.165, 1.54) is 12.3 Å². The number of esters is 1. The van der Waals surface area contributed by atoms with Crippen molar-refractivity contribution in [2.24, 2.45) is 5.92 Å². The minimum atomic E-state index is -1.11. The summed E-state index contributed by atoms with van der Waals surface area (Å²) in [7, 11) is 0. The Labute approximate surface area is 117 Å². The number of nitrogens with one attached hydrogen (secondary N) is 1. The second kappa shape index (κ2) is 5.48. The van der Waals surface area contributed by atoms with Gasteiger partial charge in [0, 0.05) is 17.1 Å². The molecule has 1 atom stereocenters. The van der Waals surface area contributed by atoms with Crippen molar-refractivity contribution in [3.05, 3.63) is 22.3 Å². The van der Waals surface area contributed by atoms with Gasteiger partial charge in [0.25, 0.3) is 0 Å². The Kier molecular flexibility index (Phi) is 3.94. The molecule has 1 aromatic rings. The van der Waals surface area contributed by atoms with Crippen molar-refractivity contribution in [3.63, 3.8) is 0 Å². The van der Waals surface area contributed by atoms with Crippen molar-refractivity contribution < 1.29 is 19.1 Å². The van der Waals surface area contributed by atoms with Crippen LogP contribution in [0.2, 0.25) is 0 Å². The fraction of sp³-hybridized carbons (Fsp3) is 0.333. The maximum Gasteiger partial charge on any atom is 0.317 e. The topological polar surface area (TPSA) is 85.4 Å². The van der Waals surface area contributed by atoms with Crippen LogP contribution in [-0.4, -0.2) is 29.3 Å². The highest BCUT2D eigenvalue weighted by Gasteiger charge is 2.36. The first kappa shape index (κ1) is 13.7. The van der Waals surface area contributed by atoms with Crippen LogP contribution in [-0.2, 0) is 14.3 Å². The number of Topliss-reactive ketones (excluding diaryl/α,β-unsaturated/α-hetero) is 1. The van der Waals surface area contributed by atoms with Crippen LogP contribution in [0.5, 0.6) is 0 Å². The smallest absolute Gasteiger partial charge is 0.317 e. The molecule has 0 saturated heterocycles. The molecule has 0 aliphatic carbocycles. The van der Waals surface area contributed by atoms with Crippen molar-refractivity contribution in [1.82, 2.24) is 4.98 Å². The third kappa shape index (κ3) is 2.81. The predicted molar refractivity (Wildman–Crippen MR) is 69.6 cm³/mol. The number of fused-ring (bicyclic) bond motifs is 1. The number of ketones is 1. The number of amides is 1. The standard InChI is InChI=1S/C12H11BrN2O4/c1-2-19-12(18)8-4-9(16)15-11-7(10(8)17)3-6(13)5-14-11/h3,5,8H,2,4H2,1H3,(H,14,15,16). The van der Waals surface area contributed by atoms with Gasteiger partial charge in [0.2, 0.25) is 5.91 Å². The van der Waals surface area contributed by atoms with E-state index in [0.717, 1.165) is 0 Å². The number of ether oxygens (including phenoxy) is 1. The number of carbonyl (C=O) groups excluding carboxylic acids is 3. The van der Waals surface area contributed by atoms with Gasteiger partial charge in [-0.1, -0.05) is 0 Å². The van der Waals surface area contributed by atoms with Crippen molar-refractivity contribution in [3.8, 4) is 0 Å². The molecular weight excluding hydrogens is 316 g/mol. The van der Waals surface area contributed by atoms with Gasteiger partial charge in [-0.25, -0.2) is 4.98 Å². The molecule has 2 rings (SSSR count). The highest BCUT2D eigenvalue weighted by atomic mass is 79.9. The third-order valence-corrected chi connectivity index (χ3v) is 3.09. The lowest BCUT2D eigenvalue weighted by molar-refractivity contribution is -0.147. The maximum atomic E-state index is 12.3. The first-order valence-electron chi connectivity index (χ1n) is 5.69. The number of aromatic nitrogens is 1. The molecule has 1 unspecified atom stereocenters. The summed E-state index contributed by atoms with van der Waals surface area (Å²) in [5.74, 6) is -2.52. The quantitative estimate of drug-likeness (QED) is 0.658. The summed E-state index contributed by atoms with van der Waals surface area (Å²) in [5, 5.41) is 2.51. The van der Waals surface area contributed by atoms with E-state index in [0.29, 0.717) is 4.47 Å². The Morgan fingerprint density at radius 3 is 3.00 bits per heavy atom. The van der Waals surface area contributed by atoms with Gasteiger partial charge in [0.05, 0.1) is 12.2 Å². The normalized spacial score (nSPS) is 18.3. The zero-order valence-electron chi connectivity index (χ0n) is 10.1. The summed E-state index contributed by atoms with van der Waals surface area (Å²) >= 11 is 3.20. The van der Waals surface area contributed by atoms with Gasteiger partial charge < -0.3 is 10.1 Å². The Balaban J connectivity index is 2.43. The van der Waals surface area contributed by atoms with Gasteiger partial charge in [-0.05, 0) is 28.9 Å². The molecule has 0 fully saturated rings. The molecule has 2 heterocycles. The molecule has 1 aliphatic heterocycles. The minimum Gasteiger partial charge on any atom is -0.465 e. The molecule has 6 nitrogen and oxygen atoms in total. The molecule has 1 N–H and O–H groups in total. The van der Waals surface area contributed by atoms with Gasteiger partial charge in [-0.2, -0.15) is 0 Å². The van der Waals surface area contributed by atoms with Crippen LogP contribution in [0.4, 0.5) is 5.82 Å². The van der Waals surface area contributed by atoms with Crippen LogP contribution < -0.4 is 5.32 Å². The summed E-state index contributed by atoms with van der Waals surface area (Å²) in [4.78, 5) is 39.7. The van der Waals surface area contributed by atoms with E-state index >= 15 is 0 Å². The maximum absolute atomic E-state index is 12.3. The van der Waals surface area contributed by atoms with Gasteiger partial charge in [0.15, 0.2) is 5.78 Å². The Morgan fingerprint density at radius 2 is 2.32 bits per heavy atom. The third-order valence-electron chi connectivity index (χ3n) is 2.65. The average molecular weight is 327 g/mol. The van der Waals surface area contributed by atoms with E-state index in [-0.39, 0.29) is 24.4 Å². The Morgan fingerprint density at radius 1 is 1.58 bits per heavy atom. The molecule has 1 aromatic heterocycles. The number of hydrogen-bond donors (Lipinski definition) is 1. The number of pyridine rings is 1. The van der Waals surface area contributed by atoms with Gasteiger partial charge >= 0.3 is 5.97 Å². The number of hydrogen-bond acceptors (Lipinski definition) is 5. The van der Waals surface area contributed by atoms with Crippen molar-refractivity contribution in [2.75, 3.05) is 11.9 Å². The molecule has 0 radical (unpaired) electrons. The summed E-state index contributed by atoms with van der Waals surface area (Å²) in [6, 6.07) is 1.53. The molecule has 0 bridgehead atoms. The largest absolute Gasteiger partial charge is 0.465 e. The van der Waals surface area contributed by atoms with Crippen LogP contribution in [0.15, 0.2) is 16.7 Å². The molecular formula is C12H11BrN2O4. The summed E-state index contributed by atoms with van der Waals surface area (Å²) < 4.78 is 5.42. The van der Waals surface area contributed by atoms with E-state index in [1.54, 1.807) is 6.92 Å². The lowest BCUT2D eigenvalue weighted by Crippen LogP contribution is -2.27. The number of carbonyl (C=O) groups is 3. The fourth-order valence-corrected chi connectivity index (χ4v) is 2.14. The lowest BCUT2D eigenvalue weighted by Gasteiger charge is -2.10. The highest BCUT2D eigenvalue weighted by Crippen LogP contribution is 2.26. The van der Waals surface area contributed by atoms with Crippen molar-refractivity contribution >= 4 is 39.4 Å². The number of nitrogens with zero attached hydrogens (tertiary/aromatic N) is 1. The molecule has 7 heteroatoms. The second-order valence-electron chi connectivity index (χ2n) is 3.97. The number of anilines is 1. The number of rotatable bonds is 2. The highest BCUT2D eigenvalue weighted by molar-refractivity contribution is 9.10. The molecule has 0 saturated carbocycles. The van der Waals surface area contributed by atoms with Crippen LogP contribution in [0.3, 0.4) is 0 Å². The van der Waals surface area contributed by atoms with Crippen LogP contribution >= 0.6 is 15.9 Å². The van der Waals surface area contributed by atoms with Crippen molar-refractivity contribution in [2.45, 2.75) is 13.3 Å². The Bertz CT molecular complexity index is 559. The first-order valence-corrected chi connectivity index (χ1v) is 6.48. The SMILES string of the molecule is CCOC(=O)C1CC(=O)Nc2ncc(Br)cc2C1=O. The van der Waals surface area contributed by atoms with Crippen LogP contribution in [0.25, 0.3) is 0 Å². The zero-order valence-corrected chi connectivity index (χ0v) is 11.7. The lowest BCUT2D eigenvalue weighted by atomic mass is 9.96. The fourth-order valence-electron chi connectivity index (χ4n) is 1.81.